The van der Waals surface area contributed by atoms with Gasteiger partial charge in [0.25, 0.3) is 0 Å². The second-order valence-corrected chi connectivity index (χ2v) is 6.55. The molecule has 0 unspecified atom stereocenters. The van der Waals surface area contributed by atoms with Gasteiger partial charge in [0, 0.05) is 10.8 Å². The van der Waals surface area contributed by atoms with Crippen LogP contribution in [0.5, 0.6) is 11.5 Å². The zero-order chi connectivity index (χ0) is 18.2. The lowest BCUT2D eigenvalue weighted by Crippen LogP contribution is -1.95. The number of nitrogens with zero attached hydrogens (tertiary/aromatic N) is 1. The van der Waals surface area contributed by atoms with E-state index in [-0.39, 0.29) is 0 Å². The minimum atomic E-state index is 0.542. The van der Waals surface area contributed by atoms with Crippen LogP contribution in [-0.2, 0) is 6.61 Å². The molecule has 0 aliphatic rings. The van der Waals surface area contributed by atoms with E-state index in [1.54, 1.807) is 7.11 Å². The van der Waals surface area contributed by atoms with E-state index in [9.17, 15) is 0 Å². The van der Waals surface area contributed by atoms with Crippen LogP contribution in [0, 0.1) is 0 Å². The molecule has 5 aromatic rings. The molecular weight excluding hydrogens is 336 g/mol. The predicted octanol–water partition coefficient (Wildman–Crippen LogP) is 5.46. The van der Waals surface area contributed by atoms with E-state index in [4.69, 9.17) is 9.47 Å². The van der Waals surface area contributed by atoms with E-state index >= 15 is 0 Å². The van der Waals surface area contributed by atoms with Crippen LogP contribution in [0.2, 0.25) is 0 Å². The maximum atomic E-state index is 6.04. The van der Waals surface area contributed by atoms with Crippen LogP contribution in [-0.4, -0.2) is 17.3 Å². The Kier molecular flexibility index (Phi) is 3.68. The molecule has 0 fully saturated rings. The number of aromatic nitrogens is 2. The minimum Gasteiger partial charge on any atom is -0.497 e. The Morgan fingerprint density at radius 1 is 0.778 bits per heavy atom. The Morgan fingerprint density at radius 2 is 1.52 bits per heavy atom. The quantitative estimate of drug-likeness (QED) is 0.436. The molecule has 0 amide bonds. The van der Waals surface area contributed by atoms with Crippen LogP contribution < -0.4 is 9.47 Å². The van der Waals surface area contributed by atoms with Gasteiger partial charge in [-0.3, -0.25) is 5.10 Å². The average Bonchev–Trinajstić information content (AvgIpc) is 3.23. The standard InChI is InChI=1S/C23H18N2O2/c1-26-16-7-9-18-20(11-16)21-12-17(27-14-15-5-3-2-4-6-15)8-10-19(21)23-22(18)13-24-25-23/h2-13H,14H2,1H3,(H,24,25). The largest absolute Gasteiger partial charge is 0.497 e. The Bertz CT molecular complexity index is 1260. The lowest BCUT2D eigenvalue weighted by Gasteiger charge is -2.11. The SMILES string of the molecule is COc1ccc2c(c1)c1cc(OCc3ccccc3)ccc1c1[nH]ncc21. The van der Waals surface area contributed by atoms with Crippen molar-refractivity contribution in [3.8, 4) is 11.5 Å². The molecule has 27 heavy (non-hydrogen) atoms. The average molecular weight is 354 g/mol. The molecule has 1 N–H and O–H groups in total. The van der Waals surface area contributed by atoms with Crippen molar-refractivity contribution in [2.24, 2.45) is 0 Å². The molecule has 4 nitrogen and oxygen atoms in total. The van der Waals surface area contributed by atoms with Gasteiger partial charge in [0.05, 0.1) is 18.8 Å². The van der Waals surface area contributed by atoms with Crippen molar-refractivity contribution in [2.75, 3.05) is 7.11 Å². The number of methoxy groups -OCH3 is 1. The van der Waals surface area contributed by atoms with E-state index in [2.05, 4.69) is 46.6 Å². The fraction of sp³-hybridized carbons (Fsp3) is 0.0870. The van der Waals surface area contributed by atoms with Crippen molar-refractivity contribution < 1.29 is 9.47 Å². The molecule has 0 saturated carbocycles. The van der Waals surface area contributed by atoms with E-state index in [0.717, 1.165) is 49.5 Å². The molecule has 0 atom stereocenters. The third-order valence-corrected chi connectivity index (χ3v) is 4.96. The van der Waals surface area contributed by atoms with E-state index in [1.165, 1.54) is 0 Å². The molecule has 0 aliphatic carbocycles. The topological polar surface area (TPSA) is 47.1 Å². The summed E-state index contributed by atoms with van der Waals surface area (Å²) in [6.45, 7) is 0.542. The van der Waals surface area contributed by atoms with Gasteiger partial charge in [0.1, 0.15) is 18.1 Å². The number of ether oxygens (including phenoxy) is 2. The van der Waals surface area contributed by atoms with Gasteiger partial charge in [-0.25, -0.2) is 0 Å². The summed E-state index contributed by atoms with van der Waals surface area (Å²) in [7, 11) is 1.69. The molecule has 4 heteroatoms. The summed E-state index contributed by atoms with van der Waals surface area (Å²) < 4.78 is 11.5. The summed E-state index contributed by atoms with van der Waals surface area (Å²) in [6.07, 6.45) is 1.88. The zero-order valence-corrected chi connectivity index (χ0v) is 14.9. The van der Waals surface area contributed by atoms with Crippen LogP contribution >= 0.6 is 0 Å². The third-order valence-electron chi connectivity index (χ3n) is 4.96. The molecule has 1 aromatic heterocycles. The van der Waals surface area contributed by atoms with Gasteiger partial charge < -0.3 is 9.47 Å². The zero-order valence-electron chi connectivity index (χ0n) is 14.9. The highest BCUT2D eigenvalue weighted by Gasteiger charge is 2.12. The Labute approximate surface area is 156 Å². The maximum absolute atomic E-state index is 6.04. The number of benzene rings is 4. The first kappa shape index (κ1) is 15.7. The molecule has 0 bridgehead atoms. The van der Waals surface area contributed by atoms with Gasteiger partial charge in [-0.05, 0) is 58.1 Å². The number of nitrogens with one attached hydrogen (secondary N) is 1. The number of rotatable bonds is 4. The summed E-state index contributed by atoms with van der Waals surface area (Å²) in [5, 5.41) is 13.0. The molecular formula is C23H18N2O2. The lowest BCUT2D eigenvalue weighted by molar-refractivity contribution is 0.306. The summed E-state index contributed by atoms with van der Waals surface area (Å²) in [5.41, 5.74) is 2.19. The normalized spacial score (nSPS) is 11.3. The number of aromatic amines is 1. The Morgan fingerprint density at radius 3 is 2.37 bits per heavy atom. The molecule has 5 rings (SSSR count). The smallest absolute Gasteiger partial charge is 0.120 e. The van der Waals surface area contributed by atoms with Crippen molar-refractivity contribution in [2.45, 2.75) is 6.61 Å². The highest BCUT2D eigenvalue weighted by Crippen LogP contribution is 2.37. The fourth-order valence-corrected chi connectivity index (χ4v) is 3.60. The van der Waals surface area contributed by atoms with Crippen LogP contribution in [0.3, 0.4) is 0 Å². The lowest BCUT2D eigenvalue weighted by atomic mass is 9.98. The molecule has 132 valence electrons. The van der Waals surface area contributed by atoms with E-state index in [0.29, 0.717) is 6.61 Å². The summed E-state index contributed by atoms with van der Waals surface area (Å²) in [6, 6.07) is 22.5. The summed E-state index contributed by atoms with van der Waals surface area (Å²) in [5.74, 6) is 1.68. The van der Waals surface area contributed by atoms with Gasteiger partial charge >= 0.3 is 0 Å². The van der Waals surface area contributed by atoms with Crippen LogP contribution in [0.1, 0.15) is 5.56 Å². The highest BCUT2D eigenvalue weighted by atomic mass is 16.5. The van der Waals surface area contributed by atoms with Gasteiger partial charge in [-0.1, -0.05) is 30.3 Å². The van der Waals surface area contributed by atoms with E-state index in [1.807, 2.05) is 36.5 Å². The highest BCUT2D eigenvalue weighted by molar-refractivity contribution is 6.24. The first-order valence-electron chi connectivity index (χ1n) is 8.87. The molecule has 0 radical (unpaired) electrons. The minimum absolute atomic E-state index is 0.542. The van der Waals surface area contributed by atoms with Crippen LogP contribution in [0.15, 0.2) is 72.9 Å². The van der Waals surface area contributed by atoms with Gasteiger partial charge in [-0.15, -0.1) is 0 Å². The van der Waals surface area contributed by atoms with Crippen molar-refractivity contribution in [1.29, 1.82) is 0 Å². The number of fused-ring (bicyclic) bond motifs is 6. The van der Waals surface area contributed by atoms with Crippen LogP contribution in [0.25, 0.3) is 32.4 Å². The van der Waals surface area contributed by atoms with Gasteiger partial charge in [-0.2, -0.15) is 5.10 Å². The first-order valence-corrected chi connectivity index (χ1v) is 8.87. The predicted molar refractivity (Wildman–Crippen MR) is 108 cm³/mol. The Balaban J connectivity index is 1.68. The second-order valence-electron chi connectivity index (χ2n) is 6.55. The number of hydrogen-bond donors (Lipinski definition) is 1. The van der Waals surface area contributed by atoms with Crippen LogP contribution in [0.4, 0.5) is 0 Å². The molecule has 0 spiro atoms. The third kappa shape index (κ3) is 2.66. The number of H-pyrrole nitrogens is 1. The fourth-order valence-electron chi connectivity index (χ4n) is 3.60. The number of hydrogen-bond acceptors (Lipinski definition) is 3. The molecule has 0 saturated heterocycles. The first-order chi connectivity index (χ1) is 13.3. The summed E-state index contributed by atoms with van der Waals surface area (Å²) in [4.78, 5) is 0. The van der Waals surface area contributed by atoms with Crippen molar-refractivity contribution in [3.63, 3.8) is 0 Å². The van der Waals surface area contributed by atoms with Gasteiger partial charge in [0.15, 0.2) is 0 Å². The van der Waals surface area contributed by atoms with E-state index < -0.39 is 0 Å². The Hall–Kier alpha value is -3.53. The summed E-state index contributed by atoms with van der Waals surface area (Å²) >= 11 is 0. The monoisotopic (exact) mass is 354 g/mol. The van der Waals surface area contributed by atoms with Crippen molar-refractivity contribution in [3.05, 3.63) is 78.5 Å². The molecule has 1 heterocycles. The van der Waals surface area contributed by atoms with Gasteiger partial charge in [0.2, 0.25) is 0 Å². The van der Waals surface area contributed by atoms with Crippen molar-refractivity contribution in [1.82, 2.24) is 10.2 Å². The molecule has 0 aliphatic heterocycles. The molecule has 4 aromatic carbocycles. The van der Waals surface area contributed by atoms with Crippen molar-refractivity contribution >= 4 is 32.4 Å². The maximum Gasteiger partial charge on any atom is 0.120 e. The second kappa shape index (κ2) is 6.32.